The first-order valence-corrected chi connectivity index (χ1v) is 13.6. The van der Waals surface area contributed by atoms with Crippen LogP contribution in [0.3, 0.4) is 0 Å². The van der Waals surface area contributed by atoms with E-state index in [4.69, 9.17) is 4.99 Å². The number of nitro benzene ring substituents is 1. The first kappa shape index (κ1) is 27.4. The molecule has 3 aromatic carbocycles. The second kappa shape index (κ2) is 11.2. The Balaban J connectivity index is 1.40. The second-order valence-electron chi connectivity index (χ2n) is 10.3. The number of rotatable bonds is 7. The van der Waals surface area contributed by atoms with Gasteiger partial charge in [0.05, 0.1) is 21.9 Å². The lowest BCUT2D eigenvalue weighted by Crippen LogP contribution is -2.34. The maximum Gasteiger partial charge on any atom is 0.326 e. The van der Waals surface area contributed by atoms with Crippen LogP contribution in [0, 0.1) is 10.1 Å². The number of aliphatic imine (C=N–C) groups is 1. The number of nitro groups is 1. The largest absolute Gasteiger partial charge is 0.494 e. The van der Waals surface area contributed by atoms with E-state index in [9.17, 15) is 29.6 Å². The molecule has 43 heavy (non-hydrogen) atoms. The molecule has 0 bridgehead atoms. The average molecular weight is 579 g/mol. The zero-order chi connectivity index (χ0) is 30.1. The topological polar surface area (TPSA) is 170 Å². The molecule has 0 aliphatic carbocycles. The lowest BCUT2D eigenvalue weighted by molar-refractivity contribution is -0.384. The number of carbonyl (C=O) groups is 3. The van der Waals surface area contributed by atoms with Crippen LogP contribution in [0.4, 0.5) is 16.2 Å². The fourth-order valence-corrected chi connectivity index (χ4v) is 5.22. The number of carbonyl (C=O) groups excluding carboxylic acids is 3. The summed E-state index contributed by atoms with van der Waals surface area (Å²) in [7, 11) is 0. The number of non-ortho nitro benzene ring substituents is 1. The molecule has 4 aromatic rings. The Morgan fingerprint density at radius 2 is 1.77 bits per heavy atom. The number of aromatic nitrogens is 1. The summed E-state index contributed by atoms with van der Waals surface area (Å²) in [6, 6.07) is 18.1. The van der Waals surface area contributed by atoms with Crippen LogP contribution >= 0.6 is 0 Å². The monoisotopic (exact) mass is 578 g/mol. The molecule has 2 saturated heterocycles. The van der Waals surface area contributed by atoms with Crippen LogP contribution in [0.15, 0.2) is 77.4 Å². The predicted octanol–water partition coefficient (Wildman–Crippen LogP) is 4.64. The van der Waals surface area contributed by atoms with Crippen molar-refractivity contribution in [1.29, 1.82) is 0 Å². The normalized spacial score (nSPS) is 16.6. The van der Waals surface area contributed by atoms with Crippen LogP contribution in [0.2, 0.25) is 0 Å². The molecule has 12 heteroatoms. The number of H-pyrrole nitrogens is 1. The van der Waals surface area contributed by atoms with Crippen LogP contribution in [-0.4, -0.2) is 50.0 Å². The highest BCUT2D eigenvalue weighted by Gasteiger charge is 2.24. The van der Waals surface area contributed by atoms with E-state index in [0.29, 0.717) is 52.0 Å². The van der Waals surface area contributed by atoms with E-state index in [0.717, 1.165) is 24.9 Å². The highest BCUT2D eigenvalue weighted by Crippen LogP contribution is 2.34. The number of aromatic amines is 1. The van der Waals surface area contributed by atoms with Crippen molar-refractivity contribution in [3.05, 3.63) is 105 Å². The average Bonchev–Trinajstić information content (AvgIpc) is 3.49. The van der Waals surface area contributed by atoms with E-state index in [2.05, 4.69) is 15.6 Å². The summed E-state index contributed by atoms with van der Waals surface area (Å²) >= 11 is 0. The molecule has 4 amide bonds. The molecule has 0 atom stereocenters. The SMILES string of the molecule is O=C1NC(=O)/C(=C\c2ccc(N=C(c3ccc(CN4CCCCC4=O)cc3)c3c(O)[nH]c4ccc([N+](=O)[O-])cc34)cc2)N1. The van der Waals surface area contributed by atoms with Gasteiger partial charge in [0.15, 0.2) is 5.88 Å². The van der Waals surface area contributed by atoms with Crippen LogP contribution < -0.4 is 10.6 Å². The maximum atomic E-state index is 12.3. The fourth-order valence-electron chi connectivity index (χ4n) is 5.22. The van der Waals surface area contributed by atoms with E-state index in [-0.39, 0.29) is 23.2 Å². The molecule has 0 spiro atoms. The zero-order valence-corrected chi connectivity index (χ0v) is 22.8. The Kier molecular flexibility index (Phi) is 7.16. The number of nitrogens with one attached hydrogen (secondary N) is 3. The number of fused-ring (bicyclic) bond motifs is 1. The molecular formula is C31H26N6O6. The number of hydrogen-bond acceptors (Lipinski definition) is 7. The molecule has 2 fully saturated rings. The molecule has 12 nitrogen and oxygen atoms in total. The predicted molar refractivity (Wildman–Crippen MR) is 159 cm³/mol. The van der Waals surface area contributed by atoms with Gasteiger partial charge in [-0.25, -0.2) is 9.79 Å². The lowest BCUT2D eigenvalue weighted by Gasteiger charge is -2.26. The molecule has 2 aliphatic rings. The van der Waals surface area contributed by atoms with Crippen molar-refractivity contribution < 1.29 is 24.4 Å². The van der Waals surface area contributed by atoms with Gasteiger partial charge in [-0.3, -0.25) is 25.0 Å². The number of amides is 4. The molecule has 4 N–H and O–H groups in total. The minimum absolute atomic E-state index is 0.124. The lowest BCUT2D eigenvalue weighted by atomic mass is 9.99. The van der Waals surface area contributed by atoms with Crippen molar-refractivity contribution in [3.8, 4) is 5.88 Å². The Morgan fingerprint density at radius 3 is 2.44 bits per heavy atom. The summed E-state index contributed by atoms with van der Waals surface area (Å²) in [5.74, 6) is -0.578. The standard InChI is InChI=1S/C31H26N6O6/c38-26-3-1-2-14-36(26)17-19-4-8-20(9-5-19)28(27-23-16-22(37(42)43)12-13-24(23)33-30(27)40)32-21-10-6-18(7-11-21)15-25-29(39)35-31(41)34-25/h4-13,15-16,33,40H,1-3,14,17H2,(H2,34,35,39,41)/b25-15+,32-28?. The van der Waals surface area contributed by atoms with Gasteiger partial charge in [-0.1, -0.05) is 36.4 Å². The Labute approximate surface area is 244 Å². The molecule has 0 saturated carbocycles. The summed E-state index contributed by atoms with van der Waals surface area (Å²) in [4.78, 5) is 56.2. The van der Waals surface area contributed by atoms with Crippen LogP contribution in [0.25, 0.3) is 17.0 Å². The van der Waals surface area contributed by atoms with Crippen LogP contribution in [0.1, 0.15) is 41.5 Å². The summed E-state index contributed by atoms with van der Waals surface area (Å²) in [5.41, 5.74) is 3.92. The molecule has 1 aromatic heterocycles. The van der Waals surface area contributed by atoms with Crippen molar-refractivity contribution >= 4 is 51.9 Å². The van der Waals surface area contributed by atoms with E-state index in [1.54, 1.807) is 24.3 Å². The number of piperidine rings is 1. The first-order chi connectivity index (χ1) is 20.7. The van der Waals surface area contributed by atoms with Gasteiger partial charge in [-0.2, -0.15) is 0 Å². The highest BCUT2D eigenvalue weighted by atomic mass is 16.6. The number of aromatic hydroxyl groups is 1. The molecule has 0 unspecified atom stereocenters. The van der Waals surface area contributed by atoms with Gasteiger partial charge in [-0.15, -0.1) is 0 Å². The van der Waals surface area contributed by atoms with E-state index in [1.807, 2.05) is 29.2 Å². The van der Waals surface area contributed by atoms with Gasteiger partial charge >= 0.3 is 6.03 Å². The minimum Gasteiger partial charge on any atom is -0.494 e. The van der Waals surface area contributed by atoms with Crippen molar-refractivity contribution in [3.63, 3.8) is 0 Å². The van der Waals surface area contributed by atoms with Crippen molar-refractivity contribution in [2.45, 2.75) is 25.8 Å². The Bertz CT molecular complexity index is 1840. The molecular weight excluding hydrogens is 552 g/mol. The molecule has 6 rings (SSSR count). The zero-order valence-electron chi connectivity index (χ0n) is 22.8. The number of urea groups is 1. The number of hydrogen-bond donors (Lipinski definition) is 4. The second-order valence-corrected chi connectivity index (χ2v) is 10.3. The number of benzene rings is 3. The van der Waals surface area contributed by atoms with Gasteiger partial charge in [0.1, 0.15) is 5.70 Å². The highest BCUT2D eigenvalue weighted by molar-refractivity contribution is 6.22. The minimum atomic E-state index is -0.588. The third-order valence-electron chi connectivity index (χ3n) is 7.40. The third kappa shape index (κ3) is 5.71. The van der Waals surface area contributed by atoms with E-state index >= 15 is 0 Å². The van der Waals surface area contributed by atoms with Crippen LogP contribution in [-0.2, 0) is 16.1 Å². The van der Waals surface area contributed by atoms with Crippen molar-refractivity contribution in [2.24, 2.45) is 4.99 Å². The third-order valence-corrected chi connectivity index (χ3v) is 7.40. The van der Waals surface area contributed by atoms with E-state index < -0.39 is 16.9 Å². The van der Waals surface area contributed by atoms with Gasteiger partial charge in [-0.05, 0) is 48.2 Å². The summed E-state index contributed by atoms with van der Waals surface area (Å²) in [6.07, 6.45) is 3.97. The van der Waals surface area contributed by atoms with Crippen molar-refractivity contribution in [2.75, 3.05) is 6.54 Å². The van der Waals surface area contributed by atoms with Gasteiger partial charge < -0.3 is 20.3 Å². The maximum absolute atomic E-state index is 12.3. The number of nitrogens with zero attached hydrogens (tertiary/aromatic N) is 3. The quantitative estimate of drug-likeness (QED) is 0.0818. The first-order valence-electron chi connectivity index (χ1n) is 13.6. The molecule has 3 heterocycles. The summed E-state index contributed by atoms with van der Waals surface area (Å²) in [6.45, 7) is 1.21. The van der Waals surface area contributed by atoms with E-state index in [1.165, 1.54) is 24.3 Å². The molecule has 216 valence electrons. The Hall–Kier alpha value is -5.78. The summed E-state index contributed by atoms with van der Waals surface area (Å²) < 4.78 is 0. The van der Waals surface area contributed by atoms with Gasteiger partial charge in [0, 0.05) is 48.1 Å². The van der Waals surface area contributed by atoms with Crippen molar-refractivity contribution in [1.82, 2.24) is 20.5 Å². The summed E-state index contributed by atoms with van der Waals surface area (Å²) in [5, 5.41) is 27.5. The molecule has 2 aliphatic heterocycles. The van der Waals surface area contributed by atoms with Crippen LogP contribution in [0.5, 0.6) is 5.88 Å². The van der Waals surface area contributed by atoms with Gasteiger partial charge in [0.2, 0.25) is 5.91 Å². The fraction of sp³-hybridized carbons (Fsp3) is 0.161. The smallest absolute Gasteiger partial charge is 0.326 e. The number of likely N-dealkylation sites (tertiary alicyclic amines) is 1. The molecule has 0 radical (unpaired) electrons. The van der Waals surface area contributed by atoms with Gasteiger partial charge in [0.25, 0.3) is 11.6 Å². The Morgan fingerprint density at radius 1 is 1.00 bits per heavy atom. The number of imide groups is 1.